The third-order valence-corrected chi connectivity index (χ3v) is 3.25. The predicted molar refractivity (Wildman–Crippen MR) is 127 cm³/mol. The SMILES string of the molecule is C/C=C\C(Oc1ccccc1[N+](=O)[O-])=C(/C)OCc1ccccc1.CC.CC.CC. The van der Waals surface area contributed by atoms with Crippen LogP contribution in [0.1, 0.15) is 61.0 Å². The van der Waals surface area contributed by atoms with E-state index in [-0.39, 0.29) is 11.4 Å². The Bertz CT molecular complexity index is 753. The van der Waals surface area contributed by atoms with Gasteiger partial charge in [0.15, 0.2) is 5.76 Å². The fraction of sp³-hybridized carbons (Fsp3) is 0.360. The van der Waals surface area contributed by atoms with Crippen LogP contribution in [0.3, 0.4) is 0 Å². The summed E-state index contributed by atoms with van der Waals surface area (Å²) in [6, 6.07) is 16.0. The minimum absolute atomic E-state index is 0.0876. The highest BCUT2D eigenvalue weighted by atomic mass is 16.6. The molecule has 0 atom stereocenters. The van der Waals surface area contributed by atoms with E-state index in [1.807, 2.05) is 78.8 Å². The Balaban J connectivity index is 0. The molecule has 0 amide bonds. The number of nitro benzene ring substituents is 1. The zero-order valence-corrected chi connectivity index (χ0v) is 19.6. The quantitative estimate of drug-likeness (QED) is 0.198. The monoisotopic (exact) mass is 415 g/mol. The molecule has 30 heavy (non-hydrogen) atoms. The van der Waals surface area contributed by atoms with Gasteiger partial charge in [-0.05, 0) is 31.6 Å². The first kappa shape index (κ1) is 29.1. The summed E-state index contributed by atoms with van der Waals surface area (Å²) in [6.07, 6.45) is 3.51. The van der Waals surface area contributed by atoms with Gasteiger partial charge in [0, 0.05) is 6.07 Å². The number of hydrogen-bond acceptors (Lipinski definition) is 4. The van der Waals surface area contributed by atoms with Gasteiger partial charge in [-0.15, -0.1) is 0 Å². The third-order valence-electron chi connectivity index (χ3n) is 3.25. The van der Waals surface area contributed by atoms with E-state index in [1.54, 1.807) is 37.3 Å². The molecule has 2 aromatic carbocycles. The number of ether oxygens (including phenoxy) is 2. The molecule has 0 aliphatic rings. The van der Waals surface area contributed by atoms with Crippen LogP contribution in [0.2, 0.25) is 0 Å². The standard InChI is InChI=1S/C19H19NO4.3C2H6/c1-3-9-18(15(2)23-14-16-10-5-4-6-11-16)24-19-13-8-7-12-17(19)20(21)22;3*1-2/h3-13H,14H2,1-2H3;3*1-2H3/b9-3-,18-15-;;;. The highest BCUT2D eigenvalue weighted by Gasteiger charge is 2.16. The summed E-state index contributed by atoms with van der Waals surface area (Å²) in [4.78, 5) is 10.6. The predicted octanol–water partition coefficient (Wildman–Crippen LogP) is 8.08. The molecule has 0 radical (unpaired) electrons. The molecule has 0 saturated heterocycles. The first-order valence-electron chi connectivity index (χ1n) is 10.5. The number of nitrogens with zero attached hydrogens (tertiary/aromatic N) is 1. The topological polar surface area (TPSA) is 61.6 Å². The zero-order chi connectivity index (χ0) is 23.4. The number of rotatable bonds is 7. The van der Waals surface area contributed by atoms with Crippen LogP contribution in [0.15, 0.2) is 78.3 Å². The summed E-state index contributed by atoms with van der Waals surface area (Å²) in [5.74, 6) is 1.16. The molecule has 0 saturated carbocycles. The van der Waals surface area contributed by atoms with Gasteiger partial charge in [0.1, 0.15) is 12.4 Å². The van der Waals surface area contributed by atoms with Crippen LogP contribution in [0.4, 0.5) is 5.69 Å². The van der Waals surface area contributed by atoms with Crippen LogP contribution < -0.4 is 4.74 Å². The lowest BCUT2D eigenvalue weighted by atomic mass is 10.2. The van der Waals surface area contributed by atoms with Gasteiger partial charge in [-0.2, -0.15) is 0 Å². The second kappa shape index (κ2) is 19.2. The van der Waals surface area contributed by atoms with Gasteiger partial charge in [-0.1, -0.05) is 90.1 Å². The summed E-state index contributed by atoms with van der Waals surface area (Å²) in [7, 11) is 0. The van der Waals surface area contributed by atoms with Crippen LogP contribution in [-0.4, -0.2) is 4.92 Å². The molecule has 2 rings (SSSR count). The minimum Gasteiger partial charge on any atom is -0.490 e. The fourth-order valence-corrected chi connectivity index (χ4v) is 2.02. The van der Waals surface area contributed by atoms with Crippen molar-refractivity contribution in [3.8, 4) is 5.75 Å². The lowest BCUT2D eigenvalue weighted by Crippen LogP contribution is -2.02. The van der Waals surface area contributed by atoms with E-state index in [1.165, 1.54) is 6.07 Å². The van der Waals surface area contributed by atoms with Gasteiger partial charge < -0.3 is 9.47 Å². The van der Waals surface area contributed by atoms with Crippen LogP contribution >= 0.6 is 0 Å². The highest BCUT2D eigenvalue weighted by Crippen LogP contribution is 2.28. The summed E-state index contributed by atoms with van der Waals surface area (Å²) in [6.45, 7) is 16.0. The normalized spacial score (nSPS) is 10.1. The van der Waals surface area contributed by atoms with Gasteiger partial charge in [-0.3, -0.25) is 10.1 Å². The van der Waals surface area contributed by atoms with Crippen LogP contribution in [0.5, 0.6) is 5.75 Å². The molecule has 2 aromatic rings. The van der Waals surface area contributed by atoms with Crippen molar-refractivity contribution in [2.75, 3.05) is 0 Å². The maximum atomic E-state index is 11.1. The average molecular weight is 416 g/mol. The number of benzene rings is 2. The van der Waals surface area contributed by atoms with Gasteiger partial charge in [0.2, 0.25) is 5.75 Å². The van der Waals surface area contributed by atoms with Gasteiger partial charge >= 0.3 is 5.69 Å². The maximum Gasteiger partial charge on any atom is 0.311 e. The van der Waals surface area contributed by atoms with Gasteiger partial charge in [0.05, 0.1) is 4.92 Å². The molecule has 166 valence electrons. The van der Waals surface area contributed by atoms with Crippen LogP contribution in [0.25, 0.3) is 0 Å². The summed E-state index contributed by atoms with van der Waals surface area (Å²) < 4.78 is 11.5. The Hall–Kier alpha value is -3.08. The van der Waals surface area contributed by atoms with Crippen LogP contribution in [0, 0.1) is 10.1 Å². The van der Waals surface area contributed by atoms with Crippen molar-refractivity contribution in [3.05, 3.63) is 93.9 Å². The van der Waals surface area contributed by atoms with Gasteiger partial charge in [-0.25, -0.2) is 0 Å². The van der Waals surface area contributed by atoms with Gasteiger partial charge in [0.25, 0.3) is 0 Å². The molecule has 5 nitrogen and oxygen atoms in total. The second-order valence-corrected chi connectivity index (χ2v) is 5.02. The average Bonchev–Trinajstić information content (AvgIpc) is 2.82. The number of nitro groups is 1. The van der Waals surface area contributed by atoms with Crippen molar-refractivity contribution < 1.29 is 14.4 Å². The molecule has 0 fully saturated rings. The Morgan fingerprint density at radius 3 is 2.00 bits per heavy atom. The van der Waals surface area contributed by atoms with E-state index < -0.39 is 4.92 Å². The number of allylic oxidation sites excluding steroid dienone is 3. The highest BCUT2D eigenvalue weighted by molar-refractivity contribution is 5.47. The maximum absolute atomic E-state index is 11.1. The molecule has 5 heteroatoms. The molecule has 0 aromatic heterocycles. The van der Waals surface area contributed by atoms with Crippen LogP contribution in [-0.2, 0) is 11.3 Å². The number of hydrogen-bond donors (Lipinski definition) is 0. The Kier molecular flexibility index (Phi) is 18.7. The van der Waals surface area contributed by atoms with E-state index in [4.69, 9.17) is 9.47 Å². The molecule has 0 unspecified atom stereocenters. The van der Waals surface area contributed by atoms with Crippen molar-refractivity contribution in [1.82, 2.24) is 0 Å². The molecule has 0 heterocycles. The van der Waals surface area contributed by atoms with E-state index in [0.717, 1.165) is 5.56 Å². The first-order valence-corrected chi connectivity index (χ1v) is 10.5. The summed E-state index contributed by atoms with van der Waals surface area (Å²) in [5.41, 5.74) is 0.942. The van der Waals surface area contributed by atoms with E-state index in [9.17, 15) is 10.1 Å². The Morgan fingerprint density at radius 2 is 1.47 bits per heavy atom. The summed E-state index contributed by atoms with van der Waals surface area (Å²) >= 11 is 0. The van der Waals surface area contributed by atoms with E-state index in [2.05, 4.69) is 0 Å². The lowest BCUT2D eigenvalue weighted by molar-refractivity contribution is -0.385. The largest absolute Gasteiger partial charge is 0.490 e. The molecule has 0 bridgehead atoms. The second-order valence-electron chi connectivity index (χ2n) is 5.02. The van der Waals surface area contributed by atoms with Crippen molar-refractivity contribution in [2.24, 2.45) is 0 Å². The minimum atomic E-state index is -0.469. The van der Waals surface area contributed by atoms with E-state index in [0.29, 0.717) is 18.1 Å². The van der Waals surface area contributed by atoms with Crippen molar-refractivity contribution in [3.63, 3.8) is 0 Å². The molecule has 0 N–H and O–H groups in total. The number of para-hydroxylation sites is 2. The summed E-state index contributed by atoms with van der Waals surface area (Å²) in [5, 5.41) is 11.1. The van der Waals surface area contributed by atoms with Crippen molar-refractivity contribution >= 4 is 5.69 Å². The Labute approximate surface area is 182 Å². The molecule has 0 aliphatic carbocycles. The molecule has 0 spiro atoms. The fourth-order valence-electron chi connectivity index (χ4n) is 2.02. The van der Waals surface area contributed by atoms with Crippen molar-refractivity contribution in [2.45, 2.75) is 62.0 Å². The van der Waals surface area contributed by atoms with E-state index >= 15 is 0 Å². The molecular formula is C25H37NO4. The lowest BCUT2D eigenvalue weighted by Gasteiger charge is -2.12. The zero-order valence-electron chi connectivity index (χ0n) is 19.6. The Morgan fingerprint density at radius 1 is 0.933 bits per heavy atom. The molecule has 0 aliphatic heterocycles. The smallest absolute Gasteiger partial charge is 0.311 e. The molecular weight excluding hydrogens is 378 g/mol. The third kappa shape index (κ3) is 11.1. The first-order chi connectivity index (χ1) is 14.6. The van der Waals surface area contributed by atoms with Crippen molar-refractivity contribution in [1.29, 1.82) is 0 Å².